The molecule has 0 aliphatic carbocycles. The van der Waals surface area contributed by atoms with E-state index >= 15 is 0 Å². The van der Waals surface area contributed by atoms with Gasteiger partial charge in [-0.25, -0.2) is 4.99 Å². The topological polar surface area (TPSA) is 108 Å². The van der Waals surface area contributed by atoms with Crippen molar-refractivity contribution in [3.05, 3.63) is 29.8 Å². The minimum Gasteiger partial charge on any atom is -0.508 e. The van der Waals surface area contributed by atoms with Crippen molar-refractivity contribution in [1.82, 2.24) is 5.32 Å². The average molecular weight is 221 g/mol. The fraction of sp³-hybridized carbons (Fsp3) is 0.200. The van der Waals surface area contributed by atoms with Crippen molar-refractivity contribution in [2.24, 2.45) is 10.7 Å². The van der Waals surface area contributed by atoms with E-state index in [1.54, 1.807) is 0 Å². The van der Waals surface area contributed by atoms with Crippen molar-refractivity contribution >= 4 is 11.9 Å². The molecule has 6 heteroatoms. The maximum atomic E-state index is 11.4. The van der Waals surface area contributed by atoms with Crippen molar-refractivity contribution in [3.8, 4) is 5.75 Å². The summed E-state index contributed by atoms with van der Waals surface area (Å²) in [5.74, 6) is -0.333. The van der Waals surface area contributed by atoms with Gasteiger partial charge in [0, 0.05) is 0 Å². The molecule has 84 valence electrons. The van der Waals surface area contributed by atoms with Gasteiger partial charge in [-0.2, -0.15) is 0 Å². The first-order valence-corrected chi connectivity index (χ1v) is 4.69. The number of carbonyl (C=O) groups is 1. The summed E-state index contributed by atoms with van der Waals surface area (Å²) in [5, 5.41) is 21.3. The molecule has 1 aromatic rings. The number of phenols is 1. The van der Waals surface area contributed by atoms with Crippen LogP contribution in [-0.2, 0) is 4.79 Å². The first kappa shape index (κ1) is 10.4. The summed E-state index contributed by atoms with van der Waals surface area (Å²) in [6, 6.07) is 4.98. The van der Waals surface area contributed by atoms with Crippen LogP contribution in [0.4, 0.5) is 0 Å². The predicted octanol–water partition coefficient (Wildman–Crippen LogP) is -0.761. The van der Waals surface area contributed by atoms with E-state index in [9.17, 15) is 9.90 Å². The van der Waals surface area contributed by atoms with Crippen molar-refractivity contribution in [2.75, 3.05) is 0 Å². The van der Waals surface area contributed by atoms with E-state index in [1.165, 1.54) is 24.3 Å². The van der Waals surface area contributed by atoms with E-state index in [0.29, 0.717) is 5.56 Å². The second-order valence-electron chi connectivity index (χ2n) is 3.48. The Morgan fingerprint density at radius 3 is 2.50 bits per heavy atom. The molecule has 0 saturated carbocycles. The minimum absolute atomic E-state index is 0.00725. The third-order valence-corrected chi connectivity index (χ3v) is 2.33. The minimum atomic E-state index is -1.07. The van der Waals surface area contributed by atoms with E-state index in [4.69, 9.17) is 10.8 Å². The summed E-state index contributed by atoms with van der Waals surface area (Å²) in [4.78, 5) is 15.1. The van der Waals surface area contributed by atoms with Crippen LogP contribution in [0.15, 0.2) is 29.3 Å². The first-order valence-electron chi connectivity index (χ1n) is 4.69. The van der Waals surface area contributed by atoms with E-state index < -0.39 is 18.1 Å². The molecule has 5 N–H and O–H groups in total. The van der Waals surface area contributed by atoms with Gasteiger partial charge in [0.1, 0.15) is 11.9 Å². The van der Waals surface area contributed by atoms with E-state index in [1.807, 2.05) is 0 Å². The van der Waals surface area contributed by atoms with Gasteiger partial charge < -0.3 is 15.9 Å². The monoisotopic (exact) mass is 221 g/mol. The van der Waals surface area contributed by atoms with E-state index in [-0.39, 0.29) is 11.7 Å². The van der Waals surface area contributed by atoms with Gasteiger partial charge in [-0.1, -0.05) is 12.1 Å². The quantitative estimate of drug-likeness (QED) is 0.526. The fourth-order valence-corrected chi connectivity index (χ4v) is 1.51. The summed E-state index contributed by atoms with van der Waals surface area (Å²) in [7, 11) is 0. The van der Waals surface area contributed by atoms with Gasteiger partial charge in [-0.05, 0) is 17.7 Å². The largest absolute Gasteiger partial charge is 0.508 e. The lowest BCUT2D eigenvalue weighted by Gasteiger charge is -2.13. The Bertz CT molecular complexity index is 441. The standard InChI is InChI=1S/C10H11N3O3/c11-10-12-7(9(16)13-10)8(15)5-1-3-6(14)4-2-5/h1-4,7-8,14-15H,(H3,11,12,13,16). The number of guanidine groups is 1. The van der Waals surface area contributed by atoms with Gasteiger partial charge in [-0.3, -0.25) is 10.1 Å². The van der Waals surface area contributed by atoms with Crippen LogP contribution in [0.3, 0.4) is 0 Å². The van der Waals surface area contributed by atoms with Gasteiger partial charge in [0.25, 0.3) is 5.91 Å². The lowest BCUT2D eigenvalue weighted by atomic mass is 10.0. The molecule has 2 rings (SSSR count). The Hall–Kier alpha value is -2.08. The van der Waals surface area contributed by atoms with Gasteiger partial charge in [0.15, 0.2) is 12.0 Å². The van der Waals surface area contributed by atoms with Crippen molar-refractivity contribution in [2.45, 2.75) is 12.1 Å². The van der Waals surface area contributed by atoms with Gasteiger partial charge in [-0.15, -0.1) is 0 Å². The number of rotatable bonds is 2. The van der Waals surface area contributed by atoms with Crippen LogP contribution in [-0.4, -0.2) is 28.1 Å². The summed E-state index contributed by atoms with van der Waals surface area (Å²) < 4.78 is 0. The maximum absolute atomic E-state index is 11.4. The van der Waals surface area contributed by atoms with Crippen LogP contribution >= 0.6 is 0 Å². The van der Waals surface area contributed by atoms with Gasteiger partial charge in [0.05, 0.1) is 0 Å². The van der Waals surface area contributed by atoms with Crippen LogP contribution in [0.25, 0.3) is 0 Å². The molecule has 6 nitrogen and oxygen atoms in total. The second kappa shape index (κ2) is 3.82. The maximum Gasteiger partial charge on any atom is 0.254 e. The Morgan fingerprint density at radius 2 is 2.00 bits per heavy atom. The molecule has 2 unspecified atom stereocenters. The molecule has 1 aromatic carbocycles. The van der Waals surface area contributed by atoms with E-state index in [2.05, 4.69) is 10.3 Å². The smallest absolute Gasteiger partial charge is 0.254 e. The Labute approximate surface area is 91.4 Å². The fourth-order valence-electron chi connectivity index (χ4n) is 1.51. The summed E-state index contributed by atoms with van der Waals surface area (Å²) in [6.07, 6.45) is -1.07. The molecule has 0 aromatic heterocycles. The molecular weight excluding hydrogens is 210 g/mol. The highest BCUT2D eigenvalue weighted by Crippen LogP contribution is 2.23. The number of nitrogens with two attached hydrogens (primary N) is 1. The molecule has 1 aliphatic heterocycles. The van der Waals surface area contributed by atoms with Crippen LogP contribution in [0.5, 0.6) is 5.75 Å². The predicted molar refractivity (Wildman–Crippen MR) is 56.6 cm³/mol. The molecule has 1 heterocycles. The molecule has 0 radical (unpaired) electrons. The zero-order chi connectivity index (χ0) is 11.7. The van der Waals surface area contributed by atoms with Crippen LogP contribution in [0, 0.1) is 0 Å². The number of aliphatic imine (C=N–C) groups is 1. The Morgan fingerprint density at radius 1 is 1.38 bits per heavy atom. The number of aromatic hydroxyl groups is 1. The number of aliphatic hydroxyl groups excluding tert-OH is 1. The summed E-state index contributed by atoms with van der Waals surface area (Å²) >= 11 is 0. The average Bonchev–Trinajstić information content (AvgIpc) is 2.58. The summed E-state index contributed by atoms with van der Waals surface area (Å²) in [5.41, 5.74) is 5.82. The van der Waals surface area contributed by atoms with E-state index in [0.717, 1.165) is 0 Å². The number of aliphatic hydroxyl groups is 1. The van der Waals surface area contributed by atoms with Crippen molar-refractivity contribution in [3.63, 3.8) is 0 Å². The summed E-state index contributed by atoms with van der Waals surface area (Å²) in [6.45, 7) is 0. The van der Waals surface area contributed by atoms with Crippen LogP contribution < -0.4 is 11.1 Å². The second-order valence-corrected chi connectivity index (χ2v) is 3.48. The molecule has 16 heavy (non-hydrogen) atoms. The molecule has 0 bridgehead atoms. The molecule has 0 saturated heterocycles. The number of phenolic OH excluding ortho intramolecular Hbond substituents is 1. The molecule has 0 fully saturated rings. The molecular formula is C10H11N3O3. The number of nitrogens with zero attached hydrogens (tertiary/aromatic N) is 1. The molecule has 0 spiro atoms. The lowest BCUT2D eigenvalue weighted by Crippen LogP contribution is -2.34. The highest BCUT2D eigenvalue weighted by atomic mass is 16.3. The number of hydrogen-bond donors (Lipinski definition) is 4. The highest BCUT2D eigenvalue weighted by Gasteiger charge is 2.32. The van der Waals surface area contributed by atoms with Crippen LogP contribution in [0.1, 0.15) is 11.7 Å². The number of carbonyl (C=O) groups excluding carboxylic acids is 1. The first-order chi connectivity index (χ1) is 7.58. The third kappa shape index (κ3) is 1.82. The third-order valence-electron chi connectivity index (χ3n) is 2.33. The Balaban J connectivity index is 2.22. The van der Waals surface area contributed by atoms with Crippen molar-refractivity contribution in [1.29, 1.82) is 0 Å². The zero-order valence-corrected chi connectivity index (χ0v) is 8.29. The zero-order valence-electron chi connectivity index (χ0n) is 8.29. The highest BCUT2D eigenvalue weighted by molar-refractivity contribution is 6.04. The molecule has 1 aliphatic rings. The molecule has 1 amide bonds. The van der Waals surface area contributed by atoms with Crippen LogP contribution in [0.2, 0.25) is 0 Å². The number of nitrogens with one attached hydrogen (secondary N) is 1. The normalized spacial score (nSPS) is 21.4. The Kier molecular flexibility index (Phi) is 2.49. The van der Waals surface area contributed by atoms with Crippen molar-refractivity contribution < 1.29 is 15.0 Å². The van der Waals surface area contributed by atoms with Gasteiger partial charge in [0.2, 0.25) is 0 Å². The SMILES string of the molecule is NC1=NC(C(O)c2ccc(O)cc2)C(=O)N1. The number of hydrogen-bond acceptors (Lipinski definition) is 5. The van der Waals surface area contributed by atoms with Gasteiger partial charge >= 0.3 is 0 Å². The molecule has 2 atom stereocenters. The number of amides is 1. The number of benzene rings is 1. The lowest BCUT2D eigenvalue weighted by molar-refractivity contribution is -0.122.